The molecule has 0 heterocycles. The molecule has 0 aliphatic rings. The second kappa shape index (κ2) is 8.76. The van der Waals surface area contributed by atoms with E-state index in [0.29, 0.717) is 11.3 Å². The fourth-order valence-corrected chi connectivity index (χ4v) is 3.55. The first-order valence-electron chi connectivity index (χ1n) is 8.87. The Morgan fingerprint density at radius 3 is 2.13 bits per heavy atom. The number of non-ortho nitro benzene ring substituents is 1. The summed E-state index contributed by atoms with van der Waals surface area (Å²) >= 11 is 0. The zero-order valence-electron chi connectivity index (χ0n) is 16.1. The quantitative estimate of drug-likeness (QED) is 0.256. The monoisotopic (exact) mass is 440 g/mol. The van der Waals surface area contributed by atoms with E-state index in [1.54, 1.807) is 24.3 Å². The van der Waals surface area contributed by atoms with Crippen LogP contribution in [0.3, 0.4) is 0 Å². The van der Waals surface area contributed by atoms with Gasteiger partial charge in [0.2, 0.25) is 0 Å². The number of hydrogen-bond donors (Lipinski definition) is 1. The molecule has 0 aliphatic carbocycles. The molecular formula is C21H16N2O7S. The number of Topliss-reactive ketones (excluding diaryl/α,β-unsaturated/α-hetero) is 1. The number of benzene rings is 3. The molecule has 31 heavy (non-hydrogen) atoms. The summed E-state index contributed by atoms with van der Waals surface area (Å²) in [6.07, 6.45) is 0. The van der Waals surface area contributed by atoms with Crippen LogP contribution in [0.2, 0.25) is 0 Å². The Labute approximate surface area is 177 Å². The van der Waals surface area contributed by atoms with Crippen molar-refractivity contribution in [3.8, 4) is 5.75 Å². The molecule has 3 aromatic carbocycles. The highest BCUT2D eigenvalue weighted by Gasteiger charge is 2.20. The van der Waals surface area contributed by atoms with Crippen LogP contribution in [-0.4, -0.2) is 25.0 Å². The van der Waals surface area contributed by atoms with Gasteiger partial charge in [-0.15, -0.1) is 0 Å². The Bertz CT molecular complexity index is 1250. The van der Waals surface area contributed by atoms with Crippen molar-refractivity contribution in [2.24, 2.45) is 0 Å². The van der Waals surface area contributed by atoms with Crippen molar-refractivity contribution in [1.82, 2.24) is 0 Å². The number of anilines is 1. The summed E-state index contributed by atoms with van der Waals surface area (Å²) in [5.41, 5.74) is 0.872. The van der Waals surface area contributed by atoms with Gasteiger partial charge < -0.3 is 9.50 Å². The molecule has 0 saturated heterocycles. The van der Waals surface area contributed by atoms with Crippen molar-refractivity contribution in [2.75, 3.05) is 5.32 Å². The van der Waals surface area contributed by atoms with Crippen LogP contribution in [0.15, 0.2) is 77.7 Å². The number of amides is 1. The van der Waals surface area contributed by atoms with Crippen LogP contribution in [0.5, 0.6) is 5.75 Å². The number of carbonyl (C=O) groups excluding carboxylic acids is 2. The predicted octanol–water partition coefficient (Wildman–Crippen LogP) is 3.82. The van der Waals surface area contributed by atoms with Crippen LogP contribution in [-0.2, 0) is 10.1 Å². The van der Waals surface area contributed by atoms with Gasteiger partial charge in [0.25, 0.3) is 11.6 Å². The first-order valence-corrected chi connectivity index (χ1v) is 10.3. The number of carbonyl (C=O) groups is 2. The summed E-state index contributed by atoms with van der Waals surface area (Å²) in [6, 6.07) is 16.2. The molecule has 9 nitrogen and oxygen atoms in total. The molecule has 0 unspecified atom stereocenters. The van der Waals surface area contributed by atoms with Crippen LogP contribution >= 0.6 is 0 Å². The molecule has 0 fully saturated rings. The number of nitrogens with zero attached hydrogens (tertiary/aromatic N) is 1. The minimum absolute atomic E-state index is 0.0612. The second-order valence-corrected chi connectivity index (χ2v) is 7.95. The van der Waals surface area contributed by atoms with E-state index in [9.17, 15) is 28.1 Å². The van der Waals surface area contributed by atoms with Gasteiger partial charge in [-0.05, 0) is 61.5 Å². The number of nitro benzene ring substituents is 1. The predicted molar refractivity (Wildman–Crippen MR) is 112 cm³/mol. The molecule has 0 radical (unpaired) electrons. The lowest BCUT2D eigenvalue weighted by Crippen LogP contribution is -2.13. The van der Waals surface area contributed by atoms with Gasteiger partial charge in [-0.25, -0.2) is 0 Å². The molecule has 0 atom stereocenters. The first kappa shape index (κ1) is 21.7. The summed E-state index contributed by atoms with van der Waals surface area (Å²) in [7, 11) is -4.29. The van der Waals surface area contributed by atoms with E-state index in [2.05, 4.69) is 5.32 Å². The molecule has 0 bridgehead atoms. The van der Waals surface area contributed by atoms with Crippen molar-refractivity contribution in [3.05, 3.63) is 94.0 Å². The zero-order valence-corrected chi connectivity index (χ0v) is 17.0. The third kappa shape index (κ3) is 5.31. The van der Waals surface area contributed by atoms with Gasteiger partial charge >= 0.3 is 10.1 Å². The molecule has 1 N–H and O–H groups in total. The summed E-state index contributed by atoms with van der Waals surface area (Å²) < 4.78 is 29.7. The minimum Gasteiger partial charge on any atom is -0.379 e. The van der Waals surface area contributed by atoms with E-state index in [0.717, 1.165) is 6.07 Å². The molecular weight excluding hydrogens is 424 g/mol. The van der Waals surface area contributed by atoms with E-state index < -0.39 is 20.9 Å². The average molecular weight is 440 g/mol. The Morgan fingerprint density at radius 1 is 0.935 bits per heavy atom. The maximum absolute atomic E-state index is 12.4. The van der Waals surface area contributed by atoms with Crippen molar-refractivity contribution < 1.29 is 27.1 Å². The molecule has 0 spiro atoms. The van der Waals surface area contributed by atoms with Gasteiger partial charge in [0, 0.05) is 28.9 Å². The fourth-order valence-electron chi connectivity index (χ4n) is 2.58. The topological polar surface area (TPSA) is 133 Å². The zero-order chi connectivity index (χ0) is 22.6. The highest BCUT2D eigenvalue weighted by Crippen LogP contribution is 2.22. The van der Waals surface area contributed by atoms with Gasteiger partial charge in [0.15, 0.2) is 5.78 Å². The Morgan fingerprint density at radius 2 is 1.55 bits per heavy atom. The van der Waals surface area contributed by atoms with E-state index in [-0.39, 0.29) is 27.7 Å². The van der Waals surface area contributed by atoms with Crippen LogP contribution < -0.4 is 9.50 Å². The average Bonchev–Trinajstić information content (AvgIpc) is 2.74. The van der Waals surface area contributed by atoms with Gasteiger partial charge in [0.05, 0.1) is 4.92 Å². The third-order valence-electron chi connectivity index (χ3n) is 4.19. The maximum Gasteiger partial charge on any atom is 0.339 e. The minimum atomic E-state index is -4.29. The van der Waals surface area contributed by atoms with E-state index in [4.69, 9.17) is 4.18 Å². The summed E-state index contributed by atoms with van der Waals surface area (Å²) in [5.74, 6) is -0.592. The van der Waals surface area contributed by atoms with Crippen LogP contribution in [0.1, 0.15) is 27.6 Å². The van der Waals surface area contributed by atoms with Crippen molar-refractivity contribution in [3.63, 3.8) is 0 Å². The van der Waals surface area contributed by atoms with Gasteiger partial charge in [-0.2, -0.15) is 8.42 Å². The number of hydrogen-bond acceptors (Lipinski definition) is 7. The summed E-state index contributed by atoms with van der Waals surface area (Å²) in [6.45, 7) is 1.44. The Kier molecular flexibility index (Phi) is 6.12. The molecule has 0 saturated carbocycles. The van der Waals surface area contributed by atoms with Gasteiger partial charge in [-0.1, -0.05) is 6.07 Å². The van der Waals surface area contributed by atoms with Crippen molar-refractivity contribution >= 4 is 33.2 Å². The lowest BCUT2D eigenvalue weighted by molar-refractivity contribution is -0.385. The second-order valence-electron chi connectivity index (χ2n) is 6.40. The number of rotatable bonds is 7. The summed E-state index contributed by atoms with van der Waals surface area (Å²) in [5, 5.41) is 13.5. The maximum atomic E-state index is 12.4. The van der Waals surface area contributed by atoms with Crippen LogP contribution in [0.25, 0.3) is 0 Å². The fraction of sp³-hybridized carbons (Fsp3) is 0.0476. The third-order valence-corrected chi connectivity index (χ3v) is 5.43. The highest BCUT2D eigenvalue weighted by atomic mass is 32.2. The smallest absolute Gasteiger partial charge is 0.339 e. The van der Waals surface area contributed by atoms with Gasteiger partial charge in [0.1, 0.15) is 10.6 Å². The molecule has 0 aromatic heterocycles. The van der Waals surface area contributed by atoms with Crippen molar-refractivity contribution in [2.45, 2.75) is 11.8 Å². The van der Waals surface area contributed by atoms with Crippen molar-refractivity contribution in [1.29, 1.82) is 0 Å². The standard InChI is InChI=1S/C21H16N2O7S/c1-14(24)15-5-9-17(10-6-15)22-21(25)16-7-11-19(12-8-16)30-31(28,29)20-4-2-3-18(13-20)23(26)27/h2-13H,1H3,(H,22,25). The Balaban J connectivity index is 1.70. The van der Waals surface area contributed by atoms with E-state index in [1.807, 2.05) is 0 Å². The van der Waals surface area contributed by atoms with Crippen LogP contribution in [0, 0.1) is 10.1 Å². The van der Waals surface area contributed by atoms with E-state index >= 15 is 0 Å². The van der Waals surface area contributed by atoms with Crippen LogP contribution in [0.4, 0.5) is 11.4 Å². The number of nitrogens with one attached hydrogen (secondary N) is 1. The summed E-state index contributed by atoms with van der Waals surface area (Å²) in [4.78, 5) is 33.4. The molecule has 0 aliphatic heterocycles. The molecule has 10 heteroatoms. The molecule has 158 valence electrons. The number of nitro groups is 1. The highest BCUT2D eigenvalue weighted by molar-refractivity contribution is 7.87. The Hall–Kier alpha value is -4.05. The van der Waals surface area contributed by atoms with E-state index in [1.165, 1.54) is 49.4 Å². The largest absolute Gasteiger partial charge is 0.379 e. The number of ketones is 1. The lowest BCUT2D eigenvalue weighted by atomic mass is 10.1. The van der Waals surface area contributed by atoms with Gasteiger partial charge in [-0.3, -0.25) is 19.7 Å². The SMILES string of the molecule is CC(=O)c1ccc(NC(=O)c2ccc(OS(=O)(=O)c3cccc([N+](=O)[O-])c3)cc2)cc1. The normalized spacial score (nSPS) is 10.9. The molecule has 1 amide bonds. The molecule has 3 aromatic rings. The first-order chi connectivity index (χ1) is 14.7. The lowest BCUT2D eigenvalue weighted by Gasteiger charge is -2.09. The molecule has 3 rings (SSSR count).